The summed E-state index contributed by atoms with van der Waals surface area (Å²) in [5.74, 6) is 1.93. The summed E-state index contributed by atoms with van der Waals surface area (Å²) in [6.45, 7) is 4.09. The van der Waals surface area contributed by atoms with E-state index < -0.39 is 0 Å². The summed E-state index contributed by atoms with van der Waals surface area (Å²) < 4.78 is 0. The first-order valence-corrected chi connectivity index (χ1v) is 9.50. The summed E-state index contributed by atoms with van der Waals surface area (Å²) in [5.41, 5.74) is 5.11. The van der Waals surface area contributed by atoms with Crippen molar-refractivity contribution in [2.75, 3.05) is 0 Å². The molecule has 0 spiro atoms. The van der Waals surface area contributed by atoms with E-state index >= 15 is 0 Å². The van der Waals surface area contributed by atoms with E-state index in [0.717, 1.165) is 23.0 Å². The molecule has 24 heavy (non-hydrogen) atoms. The van der Waals surface area contributed by atoms with Crippen LogP contribution in [0.3, 0.4) is 0 Å². The second-order valence-electron chi connectivity index (χ2n) is 7.95. The molecule has 2 aromatic carbocycles. The van der Waals surface area contributed by atoms with Crippen LogP contribution in [0.4, 0.5) is 0 Å². The zero-order valence-electron chi connectivity index (χ0n) is 14.9. The standard InChI is InChI=1S/C23H28O/c1-16-14-21(15-17(2)22(16)24)23(18-8-4-3-5-9-18)19-10-6-11-20(23)13-7-12-19/h3-5,8-9,14-15,19-20,24H,6-7,10-13H2,1-2H3. The van der Waals surface area contributed by atoms with E-state index in [1.165, 1.54) is 49.7 Å². The molecule has 2 aliphatic carbocycles. The normalized spacial score (nSPS) is 29.4. The average molecular weight is 320 g/mol. The van der Waals surface area contributed by atoms with Gasteiger partial charge in [0.05, 0.1) is 0 Å². The van der Waals surface area contributed by atoms with Crippen molar-refractivity contribution in [3.63, 3.8) is 0 Å². The third-order valence-corrected chi connectivity index (χ3v) is 6.72. The molecule has 0 radical (unpaired) electrons. The van der Waals surface area contributed by atoms with Crippen molar-refractivity contribution in [3.8, 4) is 5.75 Å². The van der Waals surface area contributed by atoms with Crippen LogP contribution in [0.1, 0.15) is 60.8 Å². The summed E-state index contributed by atoms with van der Waals surface area (Å²) in [6, 6.07) is 15.7. The first kappa shape index (κ1) is 15.7. The van der Waals surface area contributed by atoms with Crippen LogP contribution in [-0.4, -0.2) is 5.11 Å². The van der Waals surface area contributed by atoms with E-state index in [1.807, 2.05) is 13.8 Å². The molecule has 1 heteroatoms. The van der Waals surface area contributed by atoms with E-state index in [1.54, 1.807) is 0 Å². The summed E-state index contributed by atoms with van der Waals surface area (Å²) in [5, 5.41) is 10.3. The van der Waals surface area contributed by atoms with Gasteiger partial charge in [0.25, 0.3) is 0 Å². The van der Waals surface area contributed by atoms with Crippen LogP contribution in [0.5, 0.6) is 5.75 Å². The van der Waals surface area contributed by atoms with Gasteiger partial charge < -0.3 is 5.11 Å². The molecule has 0 saturated heterocycles. The molecule has 0 aliphatic heterocycles. The summed E-state index contributed by atoms with van der Waals surface area (Å²) in [7, 11) is 0. The number of hydrogen-bond acceptors (Lipinski definition) is 1. The topological polar surface area (TPSA) is 20.2 Å². The minimum Gasteiger partial charge on any atom is -0.507 e. The van der Waals surface area contributed by atoms with Crippen molar-refractivity contribution in [2.24, 2.45) is 11.8 Å². The van der Waals surface area contributed by atoms with Crippen LogP contribution in [0.2, 0.25) is 0 Å². The number of hydrogen-bond donors (Lipinski definition) is 1. The predicted molar refractivity (Wildman–Crippen MR) is 99.5 cm³/mol. The number of aromatic hydroxyl groups is 1. The summed E-state index contributed by atoms with van der Waals surface area (Å²) >= 11 is 0. The summed E-state index contributed by atoms with van der Waals surface area (Å²) in [6.07, 6.45) is 8.10. The van der Waals surface area contributed by atoms with Gasteiger partial charge in [0, 0.05) is 5.41 Å². The highest BCUT2D eigenvalue weighted by molar-refractivity contribution is 5.50. The lowest BCUT2D eigenvalue weighted by atomic mass is 9.49. The Morgan fingerprint density at radius 3 is 1.79 bits per heavy atom. The highest BCUT2D eigenvalue weighted by atomic mass is 16.3. The van der Waals surface area contributed by atoms with Crippen LogP contribution in [0.25, 0.3) is 0 Å². The van der Waals surface area contributed by atoms with Crippen LogP contribution in [-0.2, 0) is 5.41 Å². The number of benzene rings is 2. The molecule has 2 saturated carbocycles. The average Bonchev–Trinajstić information content (AvgIpc) is 2.59. The monoisotopic (exact) mass is 320 g/mol. The molecule has 2 bridgehead atoms. The van der Waals surface area contributed by atoms with Gasteiger partial charge in [0.1, 0.15) is 5.75 Å². The van der Waals surface area contributed by atoms with E-state index in [2.05, 4.69) is 42.5 Å². The van der Waals surface area contributed by atoms with Crippen molar-refractivity contribution in [1.29, 1.82) is 0 Å². The van der Waals surface area contributed by atoms with Crippen molar-refractivity contribution in [1.82, 2.24) is 0 Å². The first-order chi connectivity index (χ1) is 11.6. The Morgan fingerprint density at radius 1 is 0.792 bits per heavy atom. The molecule has 1 N–H and O–H groups in total. The second kappa shape index (κ2) is 5.95. The highest BCUT2D eigenvalue weighted by Gasteiger charge is 2.51. The van der Waals surface area contributed by atoms with Crippen LogP contribution < -0.4 is 0 Å². The zero-order chi connectivity index (χ0) is 16.7. The predicted octanol–water partition coefficient (Wildman–Crippen LogP) is 5.90. The Balaban J connectivity index is 1.98. The lowest BCUT2D eigenvalue weighted by molar-refractivity contribution is 0.0837. The Morgan fingerprint density at radius 2 is 1.29 bits per heavy atom. The summed E-state index contributed by atoms with van der Waals surface area (Å²) in [4.78, 5) is 0. The van der Waals surface area contributed by atoms with Gasteiger partial charge in [-0.05, 0) is 73.6 Å². The number of aryl methyl sites for hydroxylation is 2. The van der Waals surface area contributed by atoms with Gasteiger partial charge in [0.2, 0.25) is 0 Å². The molecule has 2 aliphatic rings. The Bertz CT molecular complexity index is 686. The van der Waals surface area contributed by atoms with E-state index in [-0.39, 0.29) is 5.41 Å². The first-order valence-electron chi connectivity index (χ1n) is 9.50. The number of phenolic OH excluding ortho intramolecular Hbond substituents is 1. The molecule has 2 aromatic rings. The van der Waals surface area contributed by atoms with Gasteiger partial charge in [-0.15, -0.1) is 0 Å². The largest absolute Gasteiger partial charge is 0.507 e. The maximum atomic E-state index is 10.3. The van der Waals surface area contributed by atoms with Gasteiger partial charge >= 0.3 is 0 Å². The number of fused-ring (bicyclic) bond motifs is 2. The van der Waals surface area contributed by atoms with E-state index in [0.29, 0.717) is 5.75 Å². The molecular weight excluding hydrogens is 292 g/mol. The smallest absolute Gasteiger partial charge is 0.121 e. The number of phenols is 1. The Hall–Kier alpha value is -1.76. The SMILES string of the molecule is Cc1cc(C2(c3ccccc3)C3CCCC2CCC3)cc(C)c1O. The second-order valence-corrected chi connectivity index (χ2v) is 7.95. The minimum atomic E-state index is 0.140. The Labute approximate surface area is 145 Å². The third-order valence-electron chi connectivity index (χ3n) is 6.72. The molecule has 4 rings (SSSR count). The fraction of sp³-hybridized carbons (Fsp3) is 0.478. The molecule has 1 nitrogen and oxygen atoms in total. The molecule has 2 fully saturated rings. The van der Waals surface area contributed by atoms with Gasteiger partial charge in [-0.2, -0.15) is 0 Å². The minimum absolute atomic E-state index is 0.140. The molecule has 0 aromatic heterocycles. The van der Waals surface area contributed by atoms with Crippen molar-refractivity contribution < 1.29 is 5.11 Å². The maximum Gasteiger partial charge on any atom is 0.121 e. The van der Waals surface area contributed by atoms with Gasteiger partial charge in [-0.1, -0.05) is 55.3 Å². The molecule has 126 valence electrons. The van der Waals surface area contributed by atoms with Crippen molar-refractivity contribution in [3.05, 3.63) is 64.7 Å². The fourth-order valence-electron chi connectivity index (χ4n) is 5.77. The lowest BCUT2D eigenvalue weighted by Gasteiger charge is -2.54. The van der Waals surface area contributed by atoms with Gasteiger partial charge in [-0.3, -0.25) is 0 Å². The van der Waals surface area contributed by atoms with Gasteiger partial charge in [0.15, 0.2) is 0 Å². The van der Waals surface area contributed by atoms with Crippen LogP contribution in [0.15, 0.2) is 42.5 Å². The molecule has 0 heterocycles. The fourth-order valence-corrected chi connectivity index (χ4v) is 5.77. The van der Waals surface area contributed by atoms with Crippen molar-refractivity contribution >= 4 is 0 Å². The third kappa shape index (κ3) is 2.21. The van der Waals surface area contributed by atoms with E-state index in [9.17, 15) is 5.11 Å². The number of rotatable bonds is 2. The molecule has 0 atom stereocenters. The van der Waals surface area contributed by atoms with Crippen LogP contribution >= 0.6 is 0 Å². The maximum absolute atomic E-state index is 10.3. The van der Waals surface area contributed by atoms with Gasteiger partial charge in [-0.25, -0.2) is 0 Å². The molecular formula is C23H28O. The molecule has 0 unspecified atom stereocenters. The molecule has 0 amide bonds. The van der Waals surface area contributed by atoms with Crippen LogP contribution in [0, 0.1) is 25.7 Å². The lowest BCUT2D eigenvalue weighted by Crippen LogP contribution is -2.49. The quantitative estimate of drug-likeness (QED) is 0.731. The van der Waals surface area contributed by atoms with E-state index in [4.69, 9.17) is 0 Å². The highest BCUT2D eigenvalue weighted by Crippen LogP contribution is 2.58. The zero-order valence-corrected chi connectivity index (χ0v) is 14.9. The Kier molecular flexibility index (Phi) is 3.90. The van der Waals surface area contributed by atoms with Crippen molar-refractivity contribution in [2.45, 2.75) is 57.8 Å².